The Hall–Kier alpha value is -2.73. The molecule has 0 aliphatic carbocycles. The maximum Gasteiger partial charge on any atom is 0.269 e. The van der Waals surface area contributed by atoms with E-state index in [0.29, 0.717) is 12.0 Å². The first-order valence-corrected chi connectivity index (χ1v) is 8.29. The van der Waals surface area contributed by atoms with Crippen molar-refractivity contribution in [2.45, 2.75) is 32.4 Å². The zero-order valence-corrected chi connectivity index (χ0v) is 14.4. The van der Waals surface area contributed by atoms with Gasteiger partial charge in [0.05, 0.1) is 16.9 Å². The van der Waals surface area contributed by atoms with E-state index in [1.165, 1.54) is 12.1 Å². The van der Waals surface area contributed by atoms with Gasteiger partial charge < -0.3 is 11.1 Å². The minimum Gasteiger partial charge on any atom is -0.349 e. The molecule has 0 heterocycles. The molecule has 0 saturated carbocycles. The van der Waals surface area contributed by atoms with Crippen molar-refractivity contribution in [3.8, 4) is 0 Å². The van der Waals surface area contributed by atoms with Crippen LogP contribution >= 0.6 is 0 Å². The van der Waals surface area contributed by atoms with Crippen molar-refractivity contribution in [3.05, 3.63) is 75.8 Å². The third-order valence-corrected chi connectivity index (χ3v) is 4.34. The lowest BCUT2D eigenvalue weighted by atomic mass is 9.93. The molecule has 6 nitrogen and oxygen atoms in total. The van der Waals surface area contributed by atoms with Crippen LogP contribution in [0, 0.1) is 16.0 Å². The summed E-state index contributed by atoms with van der Waals surface area (Å²) >= 11 is 0. The van der Waals surface area contributed by atoms with Crippen LogP contribution in [-0.2, 0) is 4.79 Å². The third-order valence-electron chi connectivity index (χ3n) is 4.34. The number of carbonyl (C=O) groups is 1. The first-order chi connectivity index (χ1) is 11.9. The zero-order valence-electron chi connectivity index (χ0n) is 14.4. The Balaban J connectivity index is 2.11. The molecule has 0 spiro atoms. The predicted octanol–water partition coefficient (Wildman–Crippen LogP) is 3.50. The molecule has 1 amide bonds. The van der Waals surface area contributed by atoms with Gasteiger partial charge in [0.25, 0.3) is 5.69 Å². The molecule has 0 fully saturated rings. The highest BCUT2D eigenvalue weighted by molar-refractivity contribution is 5.79. The average Bonchev–Trinajstić information content (AvgIpc) is 2.65. The Morgan fingerprint density at radius 1 is 1.16 bits per heavy atom. The van der Waals surface area contributed by atoms with Gasteiger partial charge in [0.2, 0.25) is 5.91 Å². The number of rotatable bonds is 7. The fourth-order valence-electron chi connectivity index (χ4n) is 2.71. The summed E-state index contributed by atoms with van der Waals surface area (Å²) in [6, 6.07) is 15.1. The molecule has 6 heteroatoms. The summed E-state index contributed by atoms with van der Waals surface area (Å²) in [7, 11) is 0. The van der Waals surface area contributed by atoms with Gasteiger partial charge in [-0.15, -0.1) is 0 Å². The van der Waals surface area contributed by atoms with Crippen molar-refractivity contribution in [1.29, 1.82) is 0 Å². The van der Waals surface area contributed by atoms with Crippen molar-refractivity contribution in [3.63, 3.8) is 0 Å². The van der Waals surface area contributed by atoms with E-state index in [4.69, 9.17) is 5.73 Å². The lowest BCUT2D eigenvalue weighted by molar-refractivity contribution is -0.384. The second-order valence-electron chi connectivity index (χ2n) is 6.05. The summed E-state index contributed by atoms with van der Waals surface area (Å²) in [4.78, 5) is 23.1. The fourth-order valence-corrected chi connectivity index (χ4v) is 2.71. The molecule has 3 atom stereocenters. The maximum atomic E-state index is 12.6. The molecule has 0 aliphatic rings. The van der Waals surface area contributed by atoms with E-state index < -0.39 is 16.9 Å². The molecular weight excluding hydrogens is 318 g/mol. The Kier molecular flexibility index (Phi) is 6.25. The summed E-state index contributed by atoms with van der Waals surface area (Å²) in [5, 5.41) is 13.9. The number of nitrogens with one attached hydrogen (secondary N) is 1. The third kappa shape index (κ3) is 4.64. The van der Waals surface area contributed by atoms with Gasteiger partial charge in [0, 0.05) is 18.2 Å². The van der Waals surface area contributed by atoms with Crippen molar-refractivity contribution in [2.24, 2.45) is 11.7 Å². The van der Waals surface area contributed by atoms with Gasteiger partial charge in [-0.1, -0.05) is 56.3 Å². The molecule has 132 valence electrons. The number of hydrogen-bond acceptors (Lipinski definition) is 4. The molecule has 2 rings (SSSR count). The van der Waals surface area contributed by atoms with Gasteiger partial charge in [-0.3, -0.25) is 14.9 Å². The molecule has 0 radical (unpaired) electrons. The summed E-state index contributed by atoms with van der Waals surface area (Å²) in [5.74, 6) is -0.593. The van der Waals surface area contributed by atoms with Crippen LogP contribution in [0.15, 0.2) is 54.6 Å². The molecule has 3 N–H and O–H groups in total. The Morgan fingerprint density at radius 2 is 1.80 bits per heavy atom. The summed E-state index contributed by atoms with van der Waals surface area (Å²) in [5.41, 5.74) is 7.83. The van der Waals surface area contributed by atoms with Gasteiger partial charge in [-0.25, -0.2) is 0 Å². The van der Waals surface area contributed by atoms with E-state index in [1.807, 2.05) is 37.3 Å². The SMILES string of the molecule is CCC(NC(=O)C(C)C(N)c1ccccc1)c1cccc([N+](=O)[O-])c1. The molecule has 0 bridgehead atoms. The number of nitro groups is 1. The van der Waals surface area contributed by atoms with Gasteiger partial charge in [-0.05, 0) is 17.5 Å². The van der Waals surface area contributed by atoms with E-state index >= 15 is 0 Å². The summed E-state index contributed by atoms with van der Waals surface area (Å²) in [6.45, 7) is 3.71. The smallest absolute Gasteiger partial charge is 0.269 e. The fraction of sp³-hybridized carbons (Fsp3) is 0.316. The minimum absolute atomic E-state index is 0.0132. The number of amides is 1. The Labute approximate surface area is 147 Å². The number of hydrogen-bond donors (Lipinski definition) is 2. The Morgan fingerprint density at radius 3 is 2.40 bits per heavy atom. The van der Waals surface area contributed by atoms with Crippen LogP contribution in [0.3, 0.4) is 0 Å². The topological polar surface area (TPSA) is 98.3 Å². The molecule has 2 aromatic rings. The van der Waals surface area contributed by atoms with Crippen LogP contribution in [0.4, 0.5) is 5.69 Å². The van der Waals surface area contributed by atoms with Crippen molar-refractivity contribution in [1.82, 2.24) is 5.32 Å². The second-order valence-corrected chi connectivity index (χ2v) is 6.05. The van der Waals surface area contributed by atoms with Gasteiger partial charge in [-0.2, -0.15) is 0 Å². The highest BCUT2D eigenvalue weighted by Crippen LogP contribution is 2.24. The molecule has 3 unspecified atom stereocenters. The van der Waals surface area contributed by atoms with E-state index in [-0.39, 0.29) is 17.6 Å². The number of benzene rings is 2. The molecular formula is C19H23N3O3. The second kappa shape index (κ2) is 8.39. The van der Waals surface area contributed by atoms with Gasteiger partial charge in [0.15, 0.2) is 0 Å². The molecule has 0 aliphatic heterocycles. The van der Waals surface area contributed by atoms with Crippen molar-refractivity contribution < 1.29 is 9.72 Å². The normalized spacial score (nSPS) is 14.4. The van der Waals surface area contributed by atoms with Crippen molar-refractivity contribution >= 4 is 11.6 Å². The van der Waals surface area contributed by atoms with Crippen LogP contribution in [0.1, 0.15) is 43.5 Å². The lowest BCUT2D eigenvalue weighted by Gasteiger charge is -2.24. The zero-order chi connectivity index (χ0) is 18.4. The van der Waals surface area contributed by atoms with Gasteiger partial charge in [0.1, 0.15) is 0 Å². The van der Waals surface area contributed by atoms with Crippen LogP contribution in [-0.4, -0.2) is 10.8 Å². The lowest BCUT2D eigenvalue weighted by Crippen LogP contribution is -2.37. The number of nitrogens with two attached hydrogens (primary N) is 1. The van der Waals surface area contributed by atoms with Gasteiger partial charge >= 0.3 is 0 Å². The quantitative estimate of drug-likeness (QED) is 0.595. The van der Waals surface area contributed by atoms with Crippen LogP contribution in [0.2, 0.25) is 0 Å². The van der Waals surface area contributed by atoms with E-state index in [9.17, 15) is 14.9 Å². The minimum atomic E-state index is -0.439. The highest BCUT2D eigenvalue weighted by Gasteiger charge is 2.24. The summed E-state index contributed by atoms with van der Waals surface area (Å²) < 4.78 is 0. The number of carbonyl (C=O) groups excluding carboxylic acids is 1. The molecule has 0 saturated heterocycles. The van der Waals surface area contributed by atoms with E-state index in [2.05, 4.69) is 5.32 Å². The number of nitrogens with zero attached hydrogens (tertiary/aromatic N) is 1. The monoisotopic (exact) mass is 341 g/mol. The largest absolute Gasteiger partial charge is 0.349 e. The van der Waals surface area contributed by atoms with Crippen LogP contribution < -0.4 is 11.1 Å². The number of non-ortho nitro benzene ring substituents is 1. The maximum absolute atomic E-state index is 12.6. The first kappa shape index (κ1) is 18.6. The predicted molar refractivity (Wildman–Crippen MR) is 96.8 cm³/mol. The van der Waals surface area contributed by atoms with Crippen molar-refractivity contribution in [2.75, 3.05) is 0 Å². The number of nitro benzene ring substituents is 1. The molecule has 0 aromatic heterocycles. The Bertz CT molecular complexity index is 734. The molecule has 2 aromatic carbocycles. The van der Waals surface area contributed by atoms with E-state index in [0.717, 1.165) is 5.56 Å². The standard InChI is InChI=1S/C19H23N3O3/c1-3-17(15-10-7-11-16(12-15)22(24)25)21-19(23)13(2)18(20)14-8-5-4-6-9-14/h4-13,17-18H,3,20H2,1-2H3,(H,21,23). The highest BCUT2D eigenvalue weighted by atomic mass is 16.6. The summed E-state index contributed by atoms with van der Waals surface area (Å²) in [6.07, 6.45) is 0.625. The van der Waals surface area contributed by atoms with E-state index in [1.54, 1.807) is 19.1 Å². The average molecular weight is 341 g/mol. The van der Waals surface area contributed by atoms with Crippen LogP contribution in [0.5, 0.6) is 0 Å². The molecule has 25 heavy (non-hydrogen) atoms. The first-order valence-electron chi connectivity index (χ1n) is 8.29. The van der Waals surface area contributed by atoms with Crippen LogP contribution in [0.25, 0.3) is 0 Å².